The van der Waals surface area contributed by atoms with Crippen LogP contribution in [0.2, 0.25) is 4.34 Å². The highest BCUT2D eigenvalue weighted by Crippen LogP contribution is 2.35. The fourth-order valence-electron chi connectivity index (χ4n) is 3.53. The van der Waals surface area contributed by atoms with Crippen molar-refractivity contribution in [3.05, 3.63) is 106 Å². The lowest BCUT2D eigenvalue weighted by molar-refractivity contribution is 0.0488. The SMILES string of the molecule is O=C(OC[C@H](Nc1ccccc1)c1ccccc1)c1nc(-c2cnn3ccccc23)c(Cl)s1. The van der Waals surface area contributed by atoms with E-state index in [0.29, 0.717) is 10.0 Å². The molecular weight excluding hydrogens is 456 g/mol. The van der Waals surface area contributed by atoms with Crippen LogP contribution in [0.15, 0.2) is 91.3 Å². The molecule has 6 nitrogen and oxygen atoms in total. The van der Waals surface area contributed by atoms with Gasteiger partial charge in [0.1, 0.15) is 16.6 Å². The quantitative estimate of drug-likeness (QED) is 0.288. The first-order chi connectivity index (χ1) is 16.2. The van der Waals surface area contributed by atoms with E-state index in [1.54, 1.807) is 10.7 Å². The summed E-state index contributed by atoms with van der Waals surface area (Å²) in [6.07, 6.45) is 3.54. The molecule has 0 aliphatic heterocycles. The predicted octanol–water partition coefficient (Wildman–Crippen LogP) is 6.12. The van der Waals surface area contributed by atoms with E-state index < -0.39 is 5.97 Å². The number of anilines is 1. The Kier molecular flexibility index (Phi) is 6.06. The first-order valence-corrected chi connectivity index (χ1v) is 11.5. The van der Waals surface area contributed by atoms with Gasteiger partial charge in [0, 0.05) is 17.4 Å². The average molecular weight is 475 g/mol. The van der Waals surface area contributed by atoms with E-state index >= 15 is 0 Å². The highest BCUT2D eigenvalue weighted by Gasteiger charge is 2.22. The molecule has 3 heterocycles. The van der Waals surface area contributed by atoms with Crippen molar-refractivity contribution in [2.24, 2.45) is 0 Å². The average Bonchev–Trinajstić information content (AvgIpc) is 3.46. The Balaban J connectivity index is 1.35. The second-order valence-corrected chi connectivity index (χ2v) is 8.90. The van der Waals surface area contributed by atoms with Gasteiger partial charge in [0.25, 0.3) is 0 Å². The van der Waals surface area contributed by atoms with E-state index in [2.05, 4.69) is 15.4 Å². The molecule has 0 spiro atoms. The zero-order valence-corrected chi connectivity index (χ0v) is 19.0. The molecule has 8 heteroatoms. The van der Waals surface area contributed by atoms with Gasteiger partial charge in [-0.3, -0.25) is 0 Å². The number of ether oxygens (including phenoxy) is 1. The van der Waals surface area contributed by atoms with Gasteiger partial charge < -0.3 is 10.1 Å². The molecule has 5 aromatic rings. The monoisotopic (exact) mass is 474 g/mol. The molecule has 1 atom stereocenters. The Labute approximate surface area is 199 Å². The first-order valence-electron chi connectivity index (χ1n) is 10.3. The van der Waals surface area contributed by atoms with Crippen molar-refractivity contribution < 1.29 is 9.53 Å². The lowest BCUT2D eigenvalue weighted by Crippen LogP contribution is -2.19. The van der Waals surface area contributed by atoms with Crippen LogP contribution in [0.25, 0.3) is 16.8 Å². The molecule has 2 aromatic carbocycles. The van der Waals surface area contributed by atoms with E-state index in [-0.39, 0.29) is 17.7 Å². The number of fused-ring (bicyclic) bond motifs is 1. The van der Waals surface area contributed by atoms with E-state index in [9.17, 15) is 4.79 Å². The van der Waals surface area contributed by atoms with Crippen molar-refractivity contribution in [1.29, 1.82) is 0 Å². The zero-order valence-electron chi connectivity index (χ0n) is 17.4. The molecule has 164 valence electrons. The Bertz CT molecular complexity index is 1390. The number of rotatable bonds is 7. The summed E-state index contributed by atoms with van der Waals surface area (Å²) in [7, 11) is 0. The number of hydrogen-bond donors (Lipinski definition) is 1. The van der Waals surface area contributed by atoms with Crippen LogP contribution in [0.1, 0.15) is 21.4 Å². The molecule has 0 aliphatic carbocycles. The van der Waals surface area contributed by atoms with E-state index in [4.69, 9.17) is 16.3 Å². The normalized spacial score (nSPS) is 11.9. The number of thiazole rings is 1. The predicted molar refractivity (Wildman–Crippen MR) is 131 cm³/mol. The van der Waals surface area contributed by atoms with Crippen LogP contribution in [-0.4, -0.2) is 27.2 Å². The van der Waals surface area contributed by atoms with Crippen molar-refractivity contribution in [3.63, 3.8) is 0 Å². The van der Waals surface area contributed by atoms with E-state index in [1.807, 2.05) is 85.1 Å². The summed E-state index contributed by atoms with van der Waals surface area (Å²) in [5.74, 6) is -0.514. The second-order valence-electron chi connectivity index (χ2n) is 7.30. The van der Waals surface area contributed by atoms with Gasteiger partial charge in [0.15, 0.2) is 0 Å². The van der Waals surface area contributed by atoms with Gasteiger partial charge in [-0.1, -0.05) is 77.5 Å². The number of carbonyl (C=O) groups excluding carboxylic acids is 1. The summed E-state index contributed by atoms with van der Waals surface area (Å²) in [5.41, 5.74) is 4.11. The van der Waals surface area contributed by atoms with Crippen LogP contribution in [0.3, 0.4) is 0 Å². The van der Waals surface area contributed by atoms with Gasteiger partial charge in [0.2, 0.25) is 5.01 Å². The minimum atomic E-state index is -0.514. The molecule has 3 aromatic heterocycles. The first kappa shape index (κ1) is 21.2. The molecule has 0 amide bonds. The summed E-state index contributed by atoms with van der Waals surface area (Å²) in [6.45, 7) is 0.140. The van der Waals surface area contributed by atoms with Gasteiger partial charge in [-0.05, 0) is 29.8 Å². The van der Waals surface area contributed by atoms with Gasteiger partial charge in [-0.15, -0.1) is 0 Å². The molecule has 1 N–H and O–H groups in total. The van der Waals surface area contributed by atoms with Crippen molar-refractivity contribution >= 4 is 40.1 Å². The number of hydrogen-bond acceptors (Lipinski definition) is 6. The maximum atomic E-state index is 12.9. The Morgan fingerprint density at radius 1 is 1.03 bits per heavy atom. The van der Waals surface area contributed by atoms with Gasteiger partial charge in [0.05, 0.1) is 17.8 Å². The van der Waals surface area contributed by atoms with Crippen LogP contribution >= 0.6 is 22.9 Å². The summed E-state index contributed by atoms with van der Waals surface area (Å²) >= 11 is 7.55. The number of nitrogens with zero attached hydrogens (tertiary/aromatic N) is 3. The summed E-state index contributed by atoms with van der Waals surface area (Å²) in [6, 6.07) is 25.2. The number of benzene rings is 2. The largest absolute Gasteiger partial charge is 0.458 e. The molecular formula is C25H19ClN4O2S. The summed E-state index contributed by atoms with van der Waals surface area (Å²) in [5, 5.41) is 7.96. The van der Waals surface area contributed by atoms with Crippen molar-refractivity contribution in [3.8, 4) is 11.3 Å². The van der Waals surface area contributed by atoms with Crippen LogP contribution in [0.4, 0.5) is 5.69 Å². The van der Waals surface area contributed by atoms with Crippen LogP contribution < -0.4 is 5.32 Å². The topological polar surface area (TPSA) is 68.5 Å². The number of halogens is 1. The van der Waals surface area contributed by atoms with E-state index in [1.165, 1.54) is 0 Å². The number of pyridine rings is 1. The van der Waals surface area contributed by atoms with Crippen LogP contribution in [0.5, 0.6) is 0 Å². The number of para-hydroxylation sites is 1. The number of nitrogens with one attached hydrogen (secondary N) is 1. The third-order valence-electron chi connectivity index (χ3n) is 5.14. The Hall–Kier alpha value is -3.68. The van der Waals surface area contributed by atoms with Crippen molar-refractivity contribution in [2.45, 2.75) is 6.04 Å². The maximum Gasteiger partial charge on any atom is 0.367 e. The zero-order chi connectivity index (χ0) is 22.6. The highest BCUT2D eigenvalue weighted by atomic mass is 35.5. The number of aromatic nitrogens is 3. The molecule has 0 saturated heterocycles. The highest BCUT2D eigenvalue weighted by molar-refractivity contribution is 7.18. The maximum absolute atomic E-state index is 12.9. The fraction of sp³-hybridized carbons (Fsp3) is 0.0800. The summed E-state index contributed by atoms with van der Waals surface area (Å²) < 4.78 is 7.82. The third kappa shape index (κ3) is 4.60. The van der Waals surface area contributed by atoms with Gasteiger partial charge >= 0.3 is 5.97 Å². The Morgan fingerprint density at radius 2 is 1.76 bits per heavy atom. The molecule has 0 aliphatic rings. The second kappa shape index (κ2) is 9.44. The molecule has 0 bridgehead atoms. The van der Waals surface area contributed by atoms with E-state index in [0.717, 1.165) is 33.7 Å². The fourth-order valence-corrected chi connectivity index (χ4v) is 4.60. The molecule has 0 fully saturated rings. The lowest BCUT2D eigenvalue weighted by atomic mass is 10.1. The minimum absolute atomic E-state index is 0.140. The third-order valence-corrected chi connectivity index (χ3v) is 6.37. The molecule has 0 unspecified atom stereocenters. The smallest absolute Gasteiger partial charge is 0.367 e. The molecule has 5 rings (SSSR count). The van der Waals surface area contributed by atoms with Crippen LogP contribution in [-0.2, 0) is 4.74 Å². The summed E-state index contributed by atoms with van der Waals surface area (Å²) in [4.78, 5) is 17.3. The molecule has 33 heavy (non-hydrogen) atoms. The number of esters is 1. The van der Waals surface area contributed by atoms with Crippen molar-refractivity contribution in [2.75, 3.05) is 11.9 Å². The molecule has 0 radical (unpaired) electrons. The van der Waals surface area contributed by atoms with Gasteiger partial charge in [-0.25, -0.2) is 14.3 Å². The van der Waals surface area contributed by atoms with Crippen LogP contribution in [0, 0.1) is 0 Å². The minimum Gasteiger partial charge on any atom is -0.458 e. The van der Waals surface area contributed by atoms with Gasteiger partial charge in [-0.2, -0.15) is 5.10 Å². The standard InChI is InChI=1S/C25H19ClN4O2S/c26-23-22(19-15-27-30-14-8-7-13-21(19)30)29-24(33-23)25(31)32-16-20(17-9-3-1-4-10-17)28-18-11-5-2-6-12-18/h1-15,20,28H,16H2/t20-/m0/s1. The molecule has 0 saturated carbocycles. The number of carbonyl (C=O) groups is 1. The van der Waals surface area contributed by atoms with Crippen molar-refractivity contribution in [1.82, 2.24) is 14.6 Å². The Morgan fingerprint density at radius 3 is 2.55 bits per heavy atom. The lowest BCUT2D eigenvalue weighted by Gasteiger charge is -2.20.